The minimum Gasteiger partial charge on any atom is -0.317 e. The Kier molecular flexibility index (Phi) is 5.17. The van der Waals surface area contributed by atoms with Crippen LogP contribution in [0.2, 0.25) is 0 Å². The molecule has 7 nitrogen and oxygen atoms in total. The summed E-state index contributed by atoms with van der Waals surface area (Å²) < 4.78 is 4.64. The molecule has 2 aromatic heterocycles. The first-order valence-corrected chi connectivity index (χ1v) is 10.3. The van der Waals surface area contributed by atoms with Crippen LogP contribution in [0.5, 0.6) is 0 Å². The zero-order chi connectivity index (χ0) is 20.7. The Labute approximate surface area is 170 Å². The van der Waals surface area contributed by atoms with Crippen molar-refractivity contribution in [1.82, 2.24) is 23.6 Å². The molecule has 0 bridgehead atoms. The summed E-state index contributed by atoms with van der Waals surface area (Å²) in [4.78, 5) is 32.6. The van der Waals surface area contributed by atoms with Crippen molar-refractivity contribution < 1.29 is 0 Å². The Bertz CT molecular complexity index is 1130. The van der Waals surface area contributed by atoms with E-state index >= 15 is 0 Å². The van der Waals surface area contributed by atoms with Crippen LogP contribution < -0.4 is 11.2 Å². The lowest BCUT2D eigenvalue weighted by Crippen LogP contribution is -2.39. The number of likely N-dealkylation sites (tertiary alicyclic amines) is 1. The summed E-state index contributed by atoms with van der Waals surface area (Å²) in [5.74, 6) is 2.12. The second-order valence-electron chi connectivity index (χ2n) is 8.62. The second-order valence-corrected chi connectivity index (χ2v) is 8.62. The number of rotatable bonds is 4. The van der Waals surface area contributed by atoms with E-state index in [2.05, 4.69) is 18.7 Å². The van der Waals surface area contributed by atoms with Gasteiger partial charge < -0.3 is 4.57 Å². The van der Waals surface area contributed by atoms with Gasteiger partial charge in [0, 0.05) is 33.7 Å². The van der Waals surface area contributed by atoms with Crippen molar-refractivity contribution in [2.45, 2.75) is 33.4 Å². The van der Waals surface area contributed by atoms with Gasteiger partial charge in [-0.15, -0.1) is 0 Å². The molecule has 0 N–H and O–H groups in total. The van der Waals surface area contributed by atoms with Crippen LogP contribution >= 0.6 is 0 Å². The molecule has 3 aromatic rings. The quantitative estimate of drug-likeness (QED) is 0.677. The molecular weight excluding hydrogens is 366 g/mol. The van der Waals surface area contributed by atoms with E-state index in [0.29, 0.717) is 36.1 Å². The molecule has 0 radical (unpaired) electrons. The maximum Gasteiger partial charge on any atom is 0.332 e. The first-order valence-electron chi connectivity index (χ1n) is 10.3. The largest absolute Gasteiger partial charge is 0.332 e. The molecule has 1 fully saturated rings. The molecular formula is C22H29N5O2. The molecule has 1 saturated heterocycles. The molecule has 0 aliphatic carbocycles. The Balaban J connectivity index is 1.85. The molecule has 154 valence electrons. The molecule has 0 spiro atoms. The number of aromatic nitrogens is 4. The number of benzene rings is 1. The molecule has 0 saturated carbocycles. The van der Waals surface area contributed by atoms with Crippen molar-refractivity contribution in [3.63, 3.8) is 0 Å². The Morgan fingerprint density at radius 2 is 1.62 bits per heavy atom. The number of nitrogens with zero attached hydrogens (tertiary/aromatic N) is 5. The van der Waals surface area contributed by atoms with Gasteiger partial charge in [-0.25, -0.2) is 9.78 Å². The predicted octanol–water partition coefficient (Wildman–Crippen LogP) is 1.96. The van der Waals surface area contributed by atoms with Crippen molar-refractivity contribution in [2.24, 2.45) is 25.9 Å². The number of piperidine rings is 1. The van der Waals surface area contributed by atoms with Gasteiger partial charge >= 0.3 is 5.69 Å². The van der Waals surface area contributed by atoms with Crippen molar-refractivity contribution >= 4 is 11.2 Å². The second kappa shape index (κ2) is 7.63. The van der Waals surface area contributed by atoms with Crippen LogP contribution in [0.25, 0.3) is 11.2 Å². The summed E-state index contributed by atoms with van der Waals surface area (Å²) in [6, 6.07) is 10.1. The standard InChI is InChI=1S/C22H29N5O2/c1-15-10-16(2)12-26(11-15)14-18-23-20-19(21(28)25(4)22(29)24(20)3)27(18)13-17-8-6-5-7-9-17/h5-9,15-16H,10-14H2,1-4H3/t15-,16-/m0/s1. The zero-order valence-corrected chi connectivity index (χ0v) is 17.6. The van der Waals surface area contributed by atoms with Crippen molar-refractivity contribution in [2.75, 3.05) is 13.1 Å². The highest BCUT2D eigenvalue weighted by molar-refractivity contribution is 5.71. The Morgan fingerprint density at radius 3 is 2.28 bits per heavy atom. The molecule has 7 heteroatoms. The third kappa shape index (κ3) is 3.67. The molecule has 1 aliphatic rings. The lowest BCUT2D eigenvalue weighted by atomic mass is 9.92. The van der Waals surface area contributed by atoms with Gasteiger partial charge in [-0.2, -0.15) is 0 Å². The fraction of sp³-hybridized carbons (Fsp3) is 0.500. The summed E-state index contributed by atoms with van der Waals surface area (Å²) in [7, 11) is 3.20. The van der Waals surface area contributed by atoms with Gasteiger partial charge in [0.1, 0.15) is 5.82 Å². The third-order valence-electron chi connectivity index (χ3n) is 5.92. The maximum absolute atomic E-state index is 13.0. The van der Waals surface area contributed by atoms with E-state index in [1.54, 1.807) is 7.05 Å². The number of hydrogen-bond donors (Lipinski definition) is 0. The summed E-state index contributed by atoms with van der Waals surface area (Å²) in [6.07, 6.45) is 1.24. The summed E-state index contributed by atoms with van der Waals surface area (Å²) >= 11 is 0. The van der Waals surface area contributed by atoms with Gasteiger partial charge in [0.2, 0.25) is 0 Å². The SMILES string of the molecule is C[C@H]1C[C@H](C)CN(Cc2nc3c(c(=O)n(C)c(=O)n3C)n2Cc2ccccc2)C1. The van der Waals surface area contributed by atoms with E-state index < -0.39 is 0 Å². The topological polar surface area (TPSA) is 65.1 Å². The van der Waals surface area contributed by atoms with Gasteiger partial charge in [0.05, 0.1) is 6.54 Å². The lowest BCUT2D eigenvalue weighted by Gasteiger charge is -2.34. The first kappa shape index (κ1) is 19.6. The van der Waals surface area contributed by atoms with Gasteiger partial charge in [-0.05, 0) is 23.8 Å². The first-order chi connectivity index (χ1) is 13.8. The van der Waals surface area contributed by atoms with E-state index in [1.807, 2.05) is 34.9 Å². The van der Waals surface area contributed by atoms with Crippen LogP contribution in [0.4, 0.5) is 0 Å². The van der Waals surface area contributed by atoms with Gasteiger partial charge in [0.25, 0.3) is 5.56 Å². The molecule has 1 aliphatic heterocycles. The molecule has 2 atom stereocenters. The minimum atomic E-state index is -0.348. The Morgan fingerprint density at radius 1 is 0.966 bits per heavy atom. The summed E-state index contributed by atoms with van der Waals surface area (Å²) in [6.45, 7) is 7.85. The monoisotopic (exact) mass is 395 g/mol. The highest BCUT2D eigenvalue weighted by Gasteiger charge is 2.25. The molecule has 1 aromatic carbocycles. The van der Waals surface area contributed by atoms with Crippen LogP contribution in [-0.2, 0) is 27.2 Å². The molecule has 0 amide bonds. The van der Waals surface area contributed by atoms with Crippen LogP contribution in [0.3, 0.4) is 0 Å². The lowest BCUT2D eigenvalue weighted by molar-refractivity contribution is 0.130. The van der Waals surface area contributed by atoms with Crippen molar-refractivity contribution in [1.29, 1.82) is 0 Å². The highest BCUT2D eigenvalue weighted by atomic mass is 16.2. The third-order valence-corrected chi connectivity index (χ3v) is 5.92. The molecule has 3 heterocycles. The fourth-order valence-corrected chi connectivity index (χ4v) is 4.67. The number of fused-ring (bicyclic) bond motifs is 1. The smallest absolute Gasteiger partial charge is 0.317 e. The van der Waals surface area contributed by atoms with Gasteiger partial charge in [-0.3, -0.25) is 18.8 Å². The molecule has 29 heavy (non-hydrogen) atoms. The highest BCUT2D eigenvalue weighted by Crippen LogP contribution is 2.23. The average molecular weight is 396 g/mol. The average Bonchev–Trinajstić information content (AvgIpc) is 3.03. The van der Waals surface area contributed by atoms with Crippen LogP contribution in [-0.4, -0.2) is 36.7 Å². The molecule has 0 unspecified atom stereocenters. The van der Waals surface area contributed by atoms with Gasteiger partial charge in [-0.1, -0.05) is 44.2 Å². The van der Waals surface area contributed by atoms with Crippen LogP contribution in [0.1, 0.15) is 31.7 Å². The van der Waals surface area contributed by atoms with Crippen LogP contribution in [0, 0.1) is 11.8 Å². The normalized spacial score (nSPS) is 20.4. The van der Waals surface area contributed by atoms with Gasteiger partial charge in [0.15, 0.2) is 11.2 Å². The van der Waals surface area contributed by atoms with E-state index in [1.165, 1.54) is 22.6 Å². The van der Waals surface area contributed by atoms with E-state index in [9.17, 15) is 9.59 Å². The fourth-order valence-electron chi connectivity index (χ4n) is 4.67. The van der Waals surface area contributed by atoms with E-state index in [4.69, 9.17) is 4.98 Å². The summed E-state index contributed by atoms with van der Waals surface area (Å²) in [5.41, 5.74) is 1.41. The summed E-state index contributed by atoms with van der Waals surface area (Å²) in [5, 5.41) is 0. The number of hydrogen-bond acceptors (Lipinski definition) is 4. The predicted molar refractivity (Wildman–Crippen MR) is 114 cm³/mol. The number of aryl methyl sites for hydroxylation is 1. The maximum atomic E-state index is 13.0. The molecule has 4 rings (SSSR count). The Hall–Kier alpha value is -2.67. The minimum absolute atomic E-state index is 0.293. The zero-order valence-electron chi connectivity index (χ0n) is 17.6. The van der Waals surface area contributed by atoms with E-state index in [-0.39, 0.29) is 11.2 Å². The van der Waals surface area contributed by atoms with E-state index in [0.717, 1.165) is 24.5 Å². The van der Waals surface area contributed by atoms with Crippen molar-refractivity contribution in [3.05, 3.63) is 62.6 Å². The van der Waals surface area contributed by atoms with Crippen LogP contribution in [0.15, 0.2) is 39.9 Å². The number of imidazole rings is 1. The van der Waals surface area contributed by atoms with Crippen molar-refractivity contribution in [3.8, 4) is 0 Å².